The highest BCUT2D eigenvalue weighted by Gasteiger charge is 2.14. The number of carbonyl (C=O) groups is 1. The van der Waals surface area contributed by atoms with Crippen molar-refractivity contribution in [3.05, 3.63) is 23.8 Å². The number of methoxy groups -OCH3 is 1. The number of thioether (sulfide) groups is 1. The number of carbonyl (C=O) groups excluding carboxylic acids is 1. The molecule has 1 atom stereocenters. The Balaban J connectivity index is 2.93. The Morgan fingerprint density at radius 3 is 2.76 bits per heavy atom. The van der Waals surface area contributed by atoms with Gasteiger partial charge in [-0.05, 0) is 37.8 Å². The van der Waals surface area contributed by atoms with Gasteiger partial charge in [0, 0.05) is 10.9 Å². The lowest BCUT2D eigenvalue weighted by Crippen LogP contribution is -2.32. The van der Waals surface area contributed by atoms with Gasteiger partial charge in [0.1, 0.15) is 5.75 Å². The van der Waals surface area contributed by atoms with Crippen LogP contribution in [0.3, 0.4) is 0 Å². The van der Waals surface area contributed by atoms with Crippen molar-refractivity contribution in [3.63, 3.8) is 0 Å². The summed E-state index contributed by atoms with van der Waals surface area (Å²) in [4.78, 5) is 13.1. The Labute approximate surface area is 107 Å². The van der Waals surface area contributed by atoms with E-state index in [-0.39, 0.29) is 11.9 Å². The van der Waals surface area contributed by atoms with Gasteiger partial charge in [-0.25, -0.2) is 0 Å². The van der Waals surface area contributed by atoms with E-state index in [1.807, 2.05) is 38.3 Å². The lowest BCUT2D eigenvalue weighted by molar-refractivity contribution is 0.0936. The molecule has 0 aromatic heterocycles. The van der Waals surface area contributed by atoms with Gasteiger partial charge in [0.25, 0.3) is 5.91 Å². The molecule has 0 bridgehead atoms. The van der Waals surface area contributed by atoms with E-state index in [1.165, 1.54) is 0 Å². The third-order valence-electron chi connectivity index (χ3n) is 2.64. The molecule has 0 aliphatic rings. The second-order valence-corrected chi connectivity index (χ2v) is 4.73. The summed E-state index contributed by atoms with van der Waals surface area (Å²) in [6, 6.07) is 5.80. The molecule has 4 heteroatoms. The van der Waals surface area contributed by atoms with Crippen molar-refractivity contribution in [3.8, 4) is 5.75 Å². The monoisotopic (exact) mass is 253 g/mol. The van der Waals surface area contributed by atoms with Gasteiger partial charge in [0.2, 0.25) is 0 Å². The van der Waals surface area contributed by atoms with Crippen LogP contribution in [0.15, 0.2) is 23.1 Å². The summed E-state index contributed by atoms with van der Waals surface area (Å²) in [6.45, 7) is 4.03. The maximum absolute atomic E-state index is 12.0. The molecule has 1 rings (SSSR count). The molecule has 0 aliphatic heterocycles. The molecule has 0 fully saturated rings. The van der Waals surface area contributed by atoms with Crippen LogP contribution in [-0.2, 0) is 0 Å². The Bertz CT molecular complexity index is 393. The molecule has 94 valence electrons. The second kappa shape index (κ2) is 6.55. The number of hydrogen-bond acceptors (Lipinski definition) is 3. The largest absolute Gasteiger partial charge is 0.496 e. The smallest absolute Gasteiger partial charge is 0.255 e. The van der Waals surface area contributed by atoms with Crippen molar-refractivity contribution >= 4 is 17.7 Å². The fourth-order valence-corrected chi connectivity index (χ4v) is 1.82. The molecule has 1 amide bonds. The average Bonchev–Trinajstić information content (AvgIpc) is 2.37. The van der Waals surface area contributed by atoms with Crippen LogP contribution in [0.4, 0.5) is 0 Å². The van der Waals surface area contributed by atoms with Gasteiger partial charge in [0.05, 0.1) is 12.7 Å². The van der Waals surface area contributed by atoms with E-state index >= 15 is 0 Å². The van der Waals surface area contributed by atoms with Crippen molar-refractivity contribution in [1.82, 2.24) is 5.32 Å². The van der Waals surface area contributed by atoms with Crippen molar-refractivity contribution in [2.75, 3.05) is 13.4 Å². The van der Waals surface area contributed by atoms with E-state index < -0.39 is 0 Å². The number of nitrogens with one attached hydrogen (secondary N) is 1. The molecule has 0 unspecified atom stereocenters. The standard InChI is InChI=1S/C13H19NO2S/c1-5-9(2)14-13(15)11-7-6-10(17-4)8-12(11)16-3/h6-9H,5H2,1-4H3,(H,14,15)/t9-/m1/s1. The molecule has 0 radical (unpaired) electrons. The number of amides is 1. The zero-order valence-electron chi connectivity index (χ0n) is 10.7. The van der Waals surface area contributed by atoms with Crippen molar-refractivity contribution in [1.29, 1.82) is 0 Å². The van der Waals surface area contributed by atoms with Gasteiger partial charge in [-0.3, -0.25) is 4.79 Å². The summed E-state index contributed by atoms with van der Waals surface area (Å²) < 4.78 is 5.25. The molecule has 17 heavy (non-hydrogen) atoms. The lowest BCUT2D eigenvalue weighted by Gasteiger charge is -2.14. The fourth-order valence-electron chi connectivity index (χ4n) is 1.39. The molecule has 0 spiro atoms. The van der Waals surface area contributed by atoms with Crippen LogP contribution in [0.5, 0.6) is 5.75 Å². The maximum atomic E-state index is 12.0. The molecule has 0 aliphatic carbocycles. The van der Waals surface area contributed by atoms with Gasteiger partial charge in [-0.15, -0.1) is 11.8 Å². The topological polar surface area (TPSA) is 38.3 Å². The molecule has 1 N–H and O–H groups in total. The summed E-state index contributed by atoms with van der Waals surface area (Å²) >= 11 is 1.63. The maximum Gasteiger partial charge on any atom is 0.255 e. The number of ether oxygens (including phenoxy) is 1. The van der Waals surface area contributed by atoms with Crippen LogP contribution < -0.4 is 10.1 Å². The molecule has 1 aromatic rings. The minimum atomic E-state index is -0.0798. The van der Waals surface area contributed by atoms with Gasteiger partial charge < -0.3 is 10.1 Å². The van der Waals surface area contributed by atoms with Gasteiger partial charge in [0.15, 0.2) is 0 Å². The number of rotatable bonds is 5. The predicted octanol–water partition coefficient (Wildman–Crippen LogP) is 2.95. The summed E-state index contributed by atoms with van der Waals surface area (Å²) in [6.07, 6.45) is 2.91. The highest BCUT2D eigenvalue weighted by Crippen LogP contribution is 2.25. The molecule has 0 saturated heterocycles. The third-order valence-corrected chi connectivity index (χ3v) is 3.37. The molecule has 0 heterocycles. The van der Waals surface area contributed by atoms with Crippen LogP contribution in [0.1, 0.15) is 30.6 Å². The summed E-state index contributed by atoms with van der Waals surface area (Å²) in [5.41, 5.74) is 0.589. The predicted molar refractivity (Wildman–Crippen MR) is 72.0 cm³/mol. The highest BCUT2D eigenvalue weighted by molar-refractivity contribution is 7.98. The number of hydrogen-bond donors (Lipinski definition) is 1. The Morgan fingerprint density at radius 2 is 2.24 bits per heavy atom. The minimum Gasteiger partial charge on any atom is -0.496 e. The first kappa shape index (κ1) is 13.9. The lowest BCUT2D eigenvalue weighted by atomic mass is 10.1. The summed E-state index contributed by atoms with van der Waals surface area (Å²) in [5, 5.41) is 2.93. The zero-order chi connectivity index (χ0) is 12.8. The molecular formula is C13H19NO2S. The molecular weight excluding hydrogens is 234 g/mol. The highest BCUT2D eigenvalue weighted by atomic mass is 32.2. The van der Waals surface area contributed by atoms with Gasteiger partial charge in [-0.2, -0.15) is 0 Å². The van der Waals surface area contributed by atoms with Gasteiger partial charge in [-0.1, -0.05) is 6.92 Å². The molecule has 1 aromatic carbocycles. The summed E-state index contributed by atoms with van der Waals surface area (Å²) in [5.74, 6) is 0.543. The van der Waals surface area contributed by atoms with Crippen LogP contribution in [-0.4, -0.2) is 25.3 Å². The second-order valence-electron chi connectivity index (χ2n) is 3.85. The fraction of sp³-hybridized carbons (Fsp3) is 0.462. The van der Waals surface area contributed by atoms with E-state index in [0.29, 0.717) is 11.3 Å². The quantitative estimate of drug-likeness (QED) is 0.820. The Kier molecular flexibility index (Phi) is 5.35. The number of benzene rings is 1. The van der Waals surface area contributed by atoms with Crippen LogP contribution in [0, 0.1) is 0 Å². The minimum absolute atomic E-state index is 0.0798. The average molecular weight is 253 g/mol. The Hall–Kier alpha value is -1.16. The van der Waals surface area contributed by atoms with E-state index in [1.54, 1.807) is 18.9 Å². The van der Waals surface area contributed by atoms with E-state index in [0.717, 1.165) is 11.3 Å². The first-order chi connectivity index (χ1) is 8.12. The normalized spacial score (nSPS) is 12.0. The first-order valence-corrected chi connectivity index (χ1v) is 6.87. The van der Waals surface area contributed by atoms with Crippen molar-refractivity contribution < 1.29 is 9.53 Å². The van der Waals surface area contributed by atoms with E-state index in [9.17, 15) is 4.79 Å². The van der Waals surface area contributed by atoms with Crippen molar-refractivity contribution in [2.45, 2.75) is 31.2 Å². The first-order valence-electron chi connectivity index (χ1n) is 5.65. The Morgan fingerprint density at radius 1 is 1.53 bits per heavy atom. The summed E-state index contributed by atoms with van der Waals surface area (Å²) in [7, 11) is 1.58. The van der Waals surface area contributed by atoms with Crippen molar-refractivity contribution in [2.24, 2.45) is 0 Å². The van der Waals surface area contributed by atoms with E-state index in [2.05, 4.69) is 5.32 Å². The van der Waals surface area contributed by atoms with Crippen LogP contribution in [0.25, 0.3) is 0 Å². The van der Waals surface area contributed by atoms with Gasteiger partial charge >= 0.3 is 0 Å². The van der Waals surface area contributed by atoms with Crippen LogP contribution >= 0.6 is 11.8 Å². The zero-order valence-corrected chi connectivity index (χ0v) is 11.6. The molecule has 3 nitrogen and oxygen atoms in total. The van der Waals surface area contributed by atoms with E-state index in [4.69, 9.17) is 4.74 Å². The third kappa shape index (κ3) is 3.66. The van der Waals surface area contributed by atoms with Crippen LogP contribution in [0.2, 0.25) is 0 Å². The molecule has 0 saturated carbocycles. The SMILES string of the molecule is CC[C@@H](C)NC(=O)c1ccc(SC)cc1OC.